The van der Waals surface area contributed by atoms with E-state index in [1.807, 2.05) is 44.2 Å². The lowest BCUT2D eigenvalue weighted by Gasteiger charge is -2.02. The minimum absolute atomic E-state index is 0.258. The molecule has 1 aromatic carbocycles. The Morgan fingerprint density at radius 2 is 1.93 bits per heavy atom. The Morgan fingerprint density at radius 3 is 2.53 bits per heavy atom. The summed E-state index contributed by atoms with van der Waals surface area (Å²) in [5.41, 5.74) is 2.14. The molecule has 0 spiro atoms. The molecule has 0 aliphatic rings. The molecule has 0 heterocycles. The number of esters is 1. The molecule has 0 unspecified atom stereocenters. The van der Waals surface area contributed by atoms with E-state index in [2.05, 4.69) is 0 Å². The van der Waals surface area contributed by atoms with Crippen LogP contribution in [0.2, 0.25) is 0 Å². The van der Waals surface area contributed by atoms with Gasteiger partial charge in [0.25, 0.3) is 0 Å². The van der Waals surface area contributed by atoms with Crippen molar-refractivity contribution in [1.82, 2.24) is 0 Å². The van der Waals surface area contributed by atoms with E-state index in [1.165, 1.54) is 11.6 Å². The lowest BCUT2D eigenvalue weighted by atomic mass is 10.2. The number of rotatable bonds is 4. The standard InChI is InChI=1S/C13H16O2/c1-11(2)10-13(14)15-9-8-12-6-4-3-5-7-12/h3-7,10H,8-9H2,1-2H3. The smallest absolute Gasteiger partial charge is 0.330 e. The number of hydrogen-bond donors (Lipinski definition) is 0. The Kier molecular flexibility index (Phi) is 4.61. The monoisotopic (exact) mass is 204 g/mol. The first-order valence-electron chi connectivity index (χ1n) is 5.04. The molecule has 15 heavy (non-hydrogen) atoms. The highest BCUT2D eigenvalue weighted by Crippen LogP contribution is 2.00. The summed E-state index contributed by atoms with van der Waals surface area (Å²) < 4.78 is 5.04. The summed E-state index contributed by atoms with van der Waals surface area (Å²) in [4.78, 5) is 11.1. The number of allylic oxidation sites excluding steroid dienone is 1. The lowest BCUT2D eigenvalue weighted by Crippen LogP contribution is -2.05. The van der Waals surface area contributed by atoms with Gasteiger partial charge in [-0.2, -0.15) is 0 Å². The van der Waals surface area contributed by atoms with Gasteiger partial charge in [0.05, 0.1) is 6.61 Å². The predicted molar refractivity (Wildman–Crippen MR) is 60.5 cm³/mol. The minimum atomic E-state index is -0.258. The fourth-order valence-electron chi connectivity index (χ4n) is 1.19. The van der Waals surface area contributed by atoms with E-state index in [-0.39, 0.29) is 5.97 Å². The van der Waals surface area contributed by atoms with Crippen molar-refractivity contribution in [3.8, 4) is 0 Å². The zero-order chi connectivity index (χ0) is 11.1. The Balaban J connectivity index is 2.28. The molecular formula is C13H16O2. The molecule has 1 aromatic rings. The third-order valence-corrected chi connectivity index (χ3v) is 1.88. The summed E-state index contributed by atoms with van der Waals surface area (Å²) in [6, 6.07) is 9.97. The molecule has 0 atom stereocenters. The van der Waals surface area contributed by atoms with E-state index >= 15 is 0 Å². The first kappa shape index (κ1) is 11.5. The Bertz CT molecular complexity index is 335. The topological polar surface area (TPSA) is 26.3 Å². The van der Waals surface area contributed by atoms with Crippen LogP contribution in [0, 0.1) is 0 Å². The van der Waals surface area contributed by atoms with Crippen LogP contribution in [0.3, 0.4) is 0 Å². The number of carbonyl (C=O) groups excluding carboxylic acids is 1. The van der Waals surface area contributed by atoms with Crippen molar-refractivity contribution >= 4 is 5.97 Å². The van der Waals surface area contributed by atoms with Crippen LogP contribution in [-0.2, 0) is 16.0 Å². The van der Waals surface area contributed by atoms with Crippen LogP contribution in [0.15, 0.2) is 42.0 Å². The summed E-state index contributed by atoms with van der Waals surface area (Å²) in [6.45, 7) is 4.18. The van der Waals surface area contributed by atoms with Gasteiger partial charge in [0.2, 0.25) is 0 Å². The molecule has 0 bridgehead atoms. The number of ether oxygens (including phenoxy) is 1. The van der Waals surface area contributed by atoms with Crippen LogP contribution in [0.4, 0.5) is 0 Å². The largest absolute Gasteiger partial charge is 0.462 e. The van der Waals surface area contributed by atoms with Gasteiger partial charge >= 0.3 is 5.97 Å². The summed E-state index contributed by atoms with van der Waals surface area (Å²) in [5, 5.41) is 0. The second-order valence-corrected chi connectivity index (χ2v) is 3.62. The summed E-state index contributed by atoms with van der Waals surface area (Å²) >= 11 is 0. The molecule has 0 aromatic heterocycles. The maximum absolute atomic E-state index is 11.1. The highest BCUT2D eigenvalue weighted by Gasteiger charge is 1.97. The average molecular weight is 204 g/mol. The first-order valence-corrected chi connectivity index (χ1v) is 5.04. The fraction of sp³-hybridized carbons (Fsp3) is 0.308. The Morgan fingerprint density at radius 1 is 1.27 bits per heavy atom. The molecule has 0 aliphatic heterocycles. The van der Waals surface area contributed by atoms with E-state index in [1.54, 1.807) is 0 Å². The van der Waals surface area contributed by atoms with Crippen molar-refractivity contribution in [2.75, 3.05) is 6.61 Å². The first-order chi connectivity index (χ1) is 7.18. The SMILES string of the molecule is CC(C)=CC(=O)OCCc1ccccc1. The van der Waals surface area contributed by atoms with Crippen molar-refractivity contribution in [1.29, 1.82) is 0 Å². The van der Waals surface area contributed by atoms with Gasteiger partial charge in [-0.25, -0.2) is 4.79 Å². The third-order valence-electron chi connectivity index (χ3n) is 1.88. The second-order valence-electron chi connectivity index (χ2n) is 3.62. The van der Waals surface area contributed by atoms with E-state index in [0.717, 1.165) is 12.0 Å². The summed E-state index contributed by atoms with van der Waals surface area (Å²) in [5.74, 6) is -0.258. The fourth-order valence-corrected chi connectivity index (χ4v) is 1.19. The van der Waals surface area contributed by atoms with Gasteiger partial charge in [-0.05, 0) is 19.4 Å². The van der Waals surface area contributed by atoms with Crippen molar-refractivity contribution in [2.24, 2.45) is 0 Å². The summed E-state index contributed by atoms with van der Waals surface area (Å²) in [7, 11) is 0. The average Bonchev–Trinajstić information content (AvgIpc) is 2.18. The van der Waals surface area contributed by atoms with Crippen LogP contribution in [-0.4, -0.2) is 12.6 Å². The van der Waals surface area contributed by atoms with Crippen molar-refractivity contribution in [2.45, 2.75) is 20.3 Å². The molecule has 0 fully saturated rings. The number of carbonyl (C=O) groups is 1. The van der Waals surface area contributed by atoms with E-state index < -0.39 is 0 Å². The molecule has 0 saturated heterocycles. The maximum Gasteiger partial charge on any atom is 0.330 e. The Hall–Kier alpha value is -1.57. The third kappa shape index (κ3) is 5.01. The number of benzene rings is 1. The van der Waals surface area contributed by atoms with E-state index in [9.17, 15) is 4.79 Å². The van der Waals surface area contributed by atoms with Gasteiger partial charge in [0.1, 0.15) is 0 Å². The van der Waals surface area contributed by atoms with Crippen molar-refractivity contribution < 1.29 is 9.53 Å². The van der Waals surface area contributed by atoms with Crippen LogP contribution >= 0.6 is 0 Å². The van der Waals surface area contributed by atoms with Gasteiger partial charge in [-0.15, -0.1) is 0 Å². The molecule has 0 saturated carbocycles. The quantitative estimate of drug-likeness (QED) is 0.557. The van der Waals surface area contributed by atoms with Crippen LogP contribution in [0.5, 0.6) is 0 Å². The van der Waals surface area contributed by atoms with E-state index in [4.69, 9.17) is 4.74 Å². The zero-order valence-corrected chi connectivity index (χ0v) is 9.19. The zero-order valence-electron chi connectivity index (χ0n) is 9.19. The molecule has 2 heteroatoms. The van der Waals surface area contributed by atoms with Crippen molar-refractivity contribution in [3.63, 3.8) is 0 Å². The van der Waals surface area contributed by atoms with Crippen LogP contribution in [0.25, 0.3) is 0 Å². The van der Waals surface area contributed by atoms with Crippen LogP contribution < -0.4 is 0 Å². The molecule has 2 nitrogen and oxygen atoms in total. The number of hydrogen-bond acceptors (Lipinski definition) is 2. The minimum Gasteiger partial charge on any atom is -0.462 e. The van der Waals surface area contributed by atoms with E-state index in [0.29, 0.717) is 6.61 Å². The van der Waals surface area contributed by atoms with Gasteiger partial charge in [-0.3, -0.25) is 0 Å². The highest BCUT2D eigenvalue weighted by atomic mass is 16.5. The maximum atomic E-state index is 11.1. The molecule has 0 aliphatic carbocycles. The highest BCUT2D eigenvalue weighted by molar-refractivity contribution is 5.82. The Labute approximate surface area is 90.6 Å². The normalized spacial score (nSPS) is 9.47. The molecule has 1 rings (SSSR count). The molecule has 0 amide bonds. The van der Waals surface area contributed by atoms with Gasteiger partial charge in [0, 0.05) is 12.5 Å². The predicted octanol–water partition coefficient (Wildman–Crippen LogP) is 2.74. The second kappa shape index (κ2) is 6.02. The lowest BCUT2D eigenvalue weighted by molar-refractivity contribution is -0.137. The van der Waals surface area contributed by atoms with Crippen LogP contribution in [0.1, 0.15) is 19.4 Å². The van der Waals surface area contributed by atoms with Crippen molar-refractivity contribution in [3.05, 3.63) is 47.5 Å². The summed E-state index contributed by atoms with van der Waals surface area (Å²) in [6.07, 6.45) is 2.27. The molecule has 0 radical (unpaired) electrons. The van der Waals surface area contributed by atoms with Gasteiger partial charge in [-0.1, -0.05) is 35.9 Å². The van der Waals surface area contributed by atoms with Gasteiger partial charge in [0.15, 0.2) is 0 Å². The molecule has 80 valence electrons. The molecule has 0 N–H and O–H groups in total. The molecular weight excluding hydrogens is 188 g/mol. The van der Waals surface area contributed by atoms with Gasteiger partial charge < -0.3 is 4.74 Å².